The van der Waals surface area contributed by atoms with Gasteiger partial charge in [0, 0.05) is 5.54 Å². The zero-order valence-corrected chi connectivity index (χ0v) is 7.71. The average Bonchev–Trinajstić information content (AvgIpc) is 2.85. The number of hydrogen-bond acceptors (Lipinski definition) is 3. The highest BCUT2D eigenvalue weighted by Crippen LogP contribution is 2.43. The molecule has 13 heavy (non-hydrogen) atoms. The summed E-state index contributed by atoms with van der Waals surface area (Å²) in [4.78, 5) is 0. The largest absolute Gasteiger partial charge is 0.495 e. The molecule has 1 aliphatic carbocycles. The Morgan fingerprint density at radius 2 is 2.08 bits per heavy atom. The summed E-state index contributed by atoms with van der Waals surface area (Å²) in [6.45, 7) is 0. The minimum absolute atomic E-state index is 0.111. The molecule has 0 radical (unpaired) electrons. The first-order chi connectivity index (χ1) is 6.15. The van der Waals surface area contributed by atoms with Gasteiger partial charge in [-0.2, -0.15) is 0 Å². The summed E-state index contributed by atoms with van der Waals surface area (Å²) in [6.07, 6.45) is 2.11. The van der Waals surface area contributed by atoms with Crippen LogP contribution in [-0.2, 0) is 5.54 Å². The van der Waals surface area contributed by atoms with E-state index in [1.54, 1.807) is 7.11 Å². The van der Waals surface area contributed by atoms with Crippen molar-refractivity contribution in [2.45, 2.75) is 18.4 Å². The molecule has 1 saturated carbocycles. The third kappa shape index (κ3) is 1.35. The lowest BCUT2D eigenvalue weighted by Crippen LogP contribution is -2.18. The molecule has 0 unspecified atom stereocenters. The molecule has 0 aliphatic heterocycles. The van der Waals surface area contributed by atoms with Crippen LogP contribution in [0.25, 0.3) is 0 Å². The van der Waals surface area contributed by atoms with Crippen molar-refractivity contribution in [3.05, 3.63) is 23.8 Å². The Balaban J connectivity index is 2.36. The van der Waals surface area contributed by atoms with Crippen molar-refractivity contribution in [1.29, 1.82) is 0 Å². The molecule has 1 aromatic rings. The predicted octanol–water partition coefficient (Wildman–Crippen LogP) is 1.23. The number of rotatable bonds is 2. The summed E-state index contributed by atoms with van der Waals surface area (Å²) < 4.78 is 5.07. The van der Waals surface area contributed by atoms with E-state index < -0.39 is 0 Å². The average molecular weight is 178 g/mol. The number of benzene rings is 1. The van der Waals surface area contributed by atoms with E-state index in [1.165, 1.54) is 0 Å². The molecule has 3 heteroatoms. The van der Waals surface area contributed by atoms with Crippen molar-refractivity contribution in [3.8, 4) is 5.75 Å². The van der Waals surface area contributed by atoms with E-state index in [1.807, 2.05) is 18.2 Å². The van der Waals surface area contributed by atoms with Gasteiger partial charge in [-0.3, -0.25) is 0 Å². The highest BCUT2D eigenvalue weighted by molar-refractivity contribution is 5.56. The Morgan fingerprint density at radius 3 is 2.54 bits per heavy atom. The van der Waals surface area contributed by atoms with Gasteiger partial charge in [-0.05, 0) is 30.5 Å². The van der Waals surface area contributed by atoms with E-state index in [4.69, 9.17) is 16.2 Å². The lowest BCUT2D eigenvalue weighted by molar-refractivity contribution is 0.416. The minimum atomic E-state index is -0.111. The number of nitrogen functional groups attached to an aromatic ring is 1. The fraction of sp³-hybridized carbons (Fsp3) is 0.400. The van der Waals surface area contributed by atoms with Crippen LogP contribution in [0.5, 0.6) is 5.75 Å². The molecule has 0 heterocycles. The highest BCUT2D eigenvalue weighted by Gasteiger charge is 2.40. The summed E-state index contributed by atoms with van der Waals surface area (Å²) in [5, 5.41) is 0. The standard InChI is InChI=1S/C10H14N2O/c1-13-9-3-2-7(6-8(9)11)10(12)4-5-10/h2-3,6H,4-5,11-12H2,1H3. The molecule has 0 atom stereocenters. The van der Waals surface area contributed by atoms with E-state index >= 15 is 0 Å². The summed E-state index contributed by atoms with van der Waals surface area (Å²) in [6, 6.07) is 5.77. The van der Waals surface area contributed by atoms with Crippen LogP contribution in [0.4, 0.5) is 5.69 Å². The second kappa shape index (κ2) is 2.64. The molecule has 0 saturated heterocycles. The maximum absolute atomic E-state index is 6.03. The van der Waals surface area contributed by atoms with Crippen LogP contribution in [-0.4, -0.2) is 7.11 Å². The summed E-state index contributed by atoms with van der Waals surface area (Å²) >= 11 is 0. The number of methoxy groups -OCH3 is 1. The molecule has 1 aromatic carbocycles. The van der Waals surface area contributed by atoms with Crippen molar-refractivity contribution >= 4 is 5.69 Å². The van der Waals surface area contributed by atoms with Gasteiger partial charge in [0.25, 0.3) is 0 Å². The number of hydrogen-bond donors (Lipinski definition) is 2. The summed E-state index contributed by atoms with van der Waals surface area (Å²) in [5.41, 5.74) is 13.5. The fourth-order valence-electron chi connectivity index (χ4n) is 1.47. The number of anilines is 1. The SMILES string of the molecule is COc1ccc(C2(N)CC2)cc1N. The van der Waals surface area contributed by atoms with Crippen LogP contribution in [0.1, 0.15) is 18.4 Å². The molecule has 0 amide bonds. The molecule has 2 rings (SSSR count). The van der Waals surface area contributed by atoms with Crippen molar-refractivity contribution in [2.75, 3.05) is 12.8 Å². The Morgan fingerprint density at radius 1 is 1.38 bits per heavy atom. The first-order valence-electron chi connectivity index (χ1n) is 4.38. The molecule has 70 valence electrons. The number of ether oxygens (including phenoxy) is 1. The van der Waals surface area contributed by atoms with Crippen molar-refractivity contribution < 1.29 is 4.74 Å². The minimum Gasteiger partial charge on any atom is -0.495 e. The molecule has 1 aliphatic rings. The first kappa shape index (κ1) is 8.38. The van der Waals surface area contributed by atoms with Crippen LogP contribution >= 0.6 is 0 Å². The summed E-state index contributed by atoms with van der Waals surface area (Å²) in [7, 11) is 1.61. The zero-order valence-electron chi connectivity index (χ0n) is 7.71. The Hall–Kier alpha value is -1.22. The molecule has 4 N–H and O–H groups in total. The van der Waals surface area contributed by atoms with E-state index in [0.717, 1.165) is 18.4 Å². The maximum Gasteiger partial charge on any atom is 0.141 e. The van der Waals surface area contributed by atoms with E-state index in [-0.39, 0.29) is 5.54 Å². The van der Waals surface area contributed by atoms with Gasteiger partial charge in [0.1, 0.15) is 5.75 Å². The molecular weight excluding hydrogens is 164 g/mol. The summed E-state index contributed by atoms with van der Waals surface area (Å²) in [5.74, 6) is 0.716. The third-order valence-electron chi connectivity index (χ3n) is 2.59. The Bertz CT molecular complexity index is 332. The second-order valence-electron chi connectivity index (χ2n) is 3.61. The quantitative estimate of drug-likeness (QED) is 0.669. The van der Waals surface area contributed by atoms with Gasteiger partial charge in [-0.25, -0.2) is 0 Å². The van der Waals surface area contributed by atoms with Gasteiger partial charge in [0.2, 0.25) is 0 Å². The smallest absolute Gasteiger partial charge is 0.141 e. The van der Waals surface area contributed by atoms with Crippen molar-refractivity contribution in [1.82, 2.24) is 0 Å². The van der Waals surface area contributed by atoms with Crippen LogP contribution in [0.3, 0.4) is 0 Å². The lowest BCUT2D eigenvalue weighted by Gasteiger charge is -2.11. The van der Waals surface area contributed by atoms with E-state index in [0.29, 0.717) is 11.4 Å². The first-order valence-corrected chi connectivity index (χ1v) is 4.38. The second-order valence-corrected chi connectivity index (χ2v) is 3.61. The molecule has 0 spiro atoms. The molecule has 3 nitrogen and oxygen atoms in total. The fourth-order valence-corrected chi connectivity index (χ4v) is 1.47. The lowest BCUT2D eigenvalue weighted by atomic mass is 10.1. The van der Waals surface area contributed by atoms with Gasteiger partial charge < -0.3 is 16.2 Å². The van der Waals surface area contributed by atoms with Crippen LogP contribution < -0.4 is 16.2 Å². The van der Waals surface area contributed by atoms with Crippen molar-refractivity contribution in [2.24, 2.45) is 5.73 Å². The monoisotopic (exact) mass is 178 g/mol. The van der Waals surface area contributed by atoms with Crippen LogP contribution in [0.2, 0.25) is 0 Å². The Kier molecular flexibility index (Phi) is 1.70. The van der Waals surface area contributed by atoms with E-state index in [9.17, 15) is 0 Å². The van der Waals surface area contributed by atoms with Gasteiger partial charge in [-0.15, -0.1) is 0 Å². The van der Waals surface area contributed by atoms with Gasteiger partial charge in [0.05, 0.1) is 12.8 Å². The molecule has 1 fully saturated rings. The Labute approximate surface area is 77.7 Å². The number of nitrogens with two attached hydrogens (primary N) is 2. The predicted molar refractivity (Wildman–Crippen MR) is 52.5 cm³/mol. The van der Waals surface area contributed by atoms with Crippen molar-refractivity contribution in [3.63, 3.8) is 0 Å². The van der Waals surface area contributed by atoms with Gasteiger partial charge in [-0.1, -0.05) is 6.07 Å². The molecule has 0 aromatic heterocycles. The normalized spacial score (nSPS) is 18.3. The third-order valence-corrected chi connectivity index (χ3v) is 2.59. The molecule has 0 bridgehead atoms. The van der Waals surface area contributed by atoms with Crippen LogP contribution in [0.15, 0.2) is 18.2 Å². The zero-order chi connectivity index (χ0) is 9.47. The molecular formula is C10H14N2O. The topological polar surface area (TPSA) is 61.3 Å². The van der Waals surface area contributed by atoms with Gasteiger partial charge >= 0.3 is 0 Å². The highest BCUT2D eigenvalue weighted by atomic mass is 16.5. The maximum atomic E-state index is 6.03. The van der Waals surface area contributed by atoms with Crippen LogP contribution in [0, 0.1) is 0 Å². The van der Waals surface area contributed by atoms with Gasteiger partial charge in [0.15, 0.2) is 0 Å². The van der Waals surface area contributed by atoms with E-state index in [2.05, 4.69) is 0 Å².